The summed E-state index contributed by atoms with van der Waals surface area (Å²) in [6.07, 6.45) is -0.472. The van der Waals surface area contributed by atoms with E-state index in [1.165, 1.54) is 14.0 Å². The summed E-state index contributed by atoms with van der Waals surface area (Å²) >= 11 is 0. The van der Waals surface area contributed by atoms with Crippen molar-refractivity contribution in [1.29, 1.82) is 0 Å². The Morgan fingerprint density at radius 1 is 1.33 bits per heavy atom. The number of barbiturate groups is 1. The summed E-state index contributed by atoms with van der Waals surface area (Å²) in [6, 6.07) is -2.16. The summed E-state index contributed by atoms with van der Waals surface area (Å²) in [6.45, 7) is 1.21. The molecule has 1 aliphatic rings. The number of carboxylic acid groups (broad SMARTS) is 1. The molecule has 0 aliphatic carbocycles. The highest BCUT2D eigenvalue weighted by molar-refractivity contribution is 6.15. The monoisotopic (exact) mass is 214 g/mol. The molecule has 0 spiro atoms. The quantitative estimate of drug-likeness (QED) is 0.611. The summed E-state index contributed by atoms with van der Waals surface area (Å²) in [4.78, 5) is 45.7. The molecule has 1 unspecified atom stereocenters. The topological polar surface area (TPSA) is 95.0 Å². The average molecular weight is 214 g/mol. The van der Waals surface area contributed by atoms with E-state index in [4.69, 9.17) is 5.11 Å². The number of nitrogens with zero attached hydrogens (tertiary/aromatic N) is 2. The second-order valence-electron chi connectivity index (χ2n) is 3.19. The van der Waals surface area contributed by atoms with Crippen molar-refractivity contribution in [2.75, 3.05) is 7.05 Å². The van der Waals surface area contributed by atoms with Gasteiger partial charge >= 0.3 is 12.0 Å². The molecular weight excluding hydrogens is 204 g/mol. The number of carbonyl (C=O) groups excluding carboxylic acids is 3. The van der Waals surface area contributed by atoms with Crippen molar-refractivity contribution in [3.63, 3.8) is 0 Å². The molecule has 0 bridgehead atoms. The molecule has 1 N–H and O–H groups in total. The Balaban J connectivity index is 2.98. The minimum Gasteiger partial charge on any atom is -0.480 e. The van der Waals surface area contributed by atoms with Crippen LogP contribution in [0.5, 0.6) is 0 Å². The summed E-state index contributed by atoms with van der Waals surface area (Å²) in [5.41, 5.74) is 0. The van der Waals surface area contributed by atoms with Crippen LogP contribution in [0.25, 0.3) is 0 Å². The molecule has 7 nitrogen and oxygen atoms in total. The molecule has 1 aliphatic heterocycles. The molecule has 1 heterocycles. The lowest BCUT2D eigenvalue weighted by Gasteiger charge is -2.32. The zero-order valence-electron chi connectivity index (χ0n) is 8.26. The molecule has 0 aromatic heterocycles. The molecule has 1 saturated heterocycles. The molecule has 15 heavy (non-hydrogen) atoms. The number of hydrogen-bond donors (Lipinski definition) is 1. The number of hydrogen-bond acceptors (Lipinski definition) is 4. The largest absolute Gasteiger partial charge is 0.480 e. The SMILES string of the molecule is CC(C(=O)O)N1C(=O)CC(=O)N(C)C1=O. The summed E-state index contributed by atoms with van der Waals surface area (Å²) < 4.78 is 0. The van der Waals surface area contributed by atoms with Crippen LogP contribution in [0, 0.1) is 0 Å². The molecule has 82 valence electrons. The van der Waals surface area contributed by atoms with Crippen LogP contribution >= 0.6 is 0 Å². The predicted octanol–water partition coefficient (Wildman–Crippen LogP) is -0.730. The minimum atomic E-state index is -1.29. The fourth-order valence-electron chi connectivity index (χ4n) is 1.20. The first-order chi connectivity index (χ1) is 6.86. The Kier molecular flexibility index (Phi) is 2.74. The van der Waals surface area contributed by atoms with Gasteiger partial charge in [-0.25, -0.2) is 14.5 Å². The summed E-state index contributed by atoms with van der Waals surface area (Å²) in [5.74, 6) is -2.70. The van der Waals surface area contributed by atoms with E-state index in [-0.39, 0.29) is 0 Å². The highest BCUT2D eigenvalue weighted by Gasteiger charge is 2.40. The first-order valence-corrected chi connectivity index (χ1v) is 4.21. The van der Waals surface area contributed by atoms with Gasteiger partial charge in [0.2, 0.25) is 11.8 Å². The van der Waals surface area contributed by atoms with Gasteiger partial charge in [-0.1, -0.05) is 0 Å². The van der Waals surface area contributed by atoms with E-state index in [1.807, 2.05) is 0 Å². The summed E-state index contributed by atoms with van der Waals surface area (Å²) in [7, 11) is 1.21. The summed E-state index contributed by atoms with van der Waals surface area (Å²) in [5, 5.41) is 8.67. The van der Waals surface area contributed by atoms with E-state index in [2.05, 4.69) is 0 Å². The first kappa shape index (κ1) is 11.2. The molecule has 1 atom stereocenters. The van der Waals surface area contributed by atoms with Gasteiger partial charge in [0.25, 0.3) is 0 Å². The number of rotatable bonds is 2. The Labute approximate surface area is 85.2 Å². The van der Waals surface area contributed by atoms with Crippen molar-refractivity contribution in [2.24, 2.45) is 0 Å². The van der Waals surface area contributed by atoms with Gasteiger partial charge in [-0.3, -0.25) is 14.5 Å². The maximum Gasteiger partial charge on any atom is 0.333 e. The average Bonchev–Trinajstić information content (AvgIpc) is 2.14. The van der Waals surface area contributed by atoms with Gasteiger partial charge in [0.15, 0.2) is 0 Å². The first-order valence-electron chi connectivity index (χ1n) is 4.21. The van der Waals surface area contributed by atoms with Crippen molar-refractivity contribution >= 4 is 23.8 Å². The van der Waals surface area contributed by atoms with Crippen molar-refractivity contribution in [3.8, 4) is 0 Å². The van der Waals surface area contributed by atoms with Crippen molar-refractivity contribution in [3.05, 3.63) is 0 Å². The van der Waals surface area contributed by atoms with E-state index in [1.54, 1.807) is 0 Å². The van der Waals surface area contributed by atoms with E-state index in [0.29, 0.717) is 4.90 Å². The molecule has 0 saturated carbocycles. The lowest BCUT2D eigenvalue weighted by molar-refractivity contribution is -0.152. The van der Waals surface area contributed by atoms with Crippen molar-refractivity contribution in [2.45, 2.75) is 19.4 Å². The molecule has 1 fully saturated rings. The third-order valence-corrected chi connectivity index (χ3v) is 2.18. The minimum absolute atomic E-state index is 0.472. The van der Waals surface area contributed by atoms with Gasteiger partial charge in [0.05, 0.1) is 0 Å². The fraction of sp³-hybridized carbons (Fsp3) is 0.500. The molecule has 0 aromatic rings. The third-order valence-electron chi connectivity index (χ3n) is 2.18. The van der Waals surface area contributed by atoms with Gasteiger partial charge in [-0.2, -0.15) is 0 Å². The van der Waals surface area contributed by atoms with E-state index in [0.717, 1.165) is 4.90 Å². The van der Waals surface area contributed by atoms with Crippen LogP contribution in [-0.2, 0) is 14.4 Å². The Morgan fingerprint density at radius 2 is 1.87 bits per heavy atom. The zero-order valence-corrected chi connectivity index (χ0v) is 8.26. The lowest BCUT2D eigenvalue weighted by Crippen LogP contribution is -2.58. The standard InChI is InChI=1S/C8H10N2O5/c1-4(7(13)14)10-6(12)3-5(11)9(2)8(10)15/h4H,3H2,1-2H3,(H,13,14). The Morgan fingerprint density at radius 3 is 2.33 bits per heavy atom. The van der Waals surface area contributed by atoms with Crippen LogP contribution in [0.3, 0.4) is 0 Å². The maximum atomic E-state index is 11.4. The number of carbonyl (C=O) groups is 4. The molecular formula is C8H10N2O5. The number of amides is 4. The molecule has 0 radical (unpaired) electrons. The highest BCUT2D eigenvalue weighted by atomic mass is 16.4. The third kappa shape index (κ3) is 1.80. The van der Waals surface area contributed by atoms with Crippen molar-refractivity contribution < 1.29 is 24.3 Å². The van der Waals surface area contributed by atoms with Crippen LogP contribution < -0.4 is 0 Å². The predicted molar refractivity (Wildman–Crippen MR) is 46.7 cm³/mol. The molecule has 1 rings (SSSR count). The lowest BCUT2D eigenvalue weighted by atomic mass is 10.2. The van der Waals surface area contributed by atoms with Gasteiger partial charge in [-0.05, 0) is 6.92 Å². The molecule has 0 aromatic carbocycles. The van der Waals surface area contributed by atoms with Crippen LogP contribution in [0.15, 0.2) is 0 Å². The van der Waals surface area contributed by atoms with Gasteiger partial charge in [0, 0.05) is 7.05 Å². The number of imide groups is 2. The fourth-order valence-corrected chi connectivity index (χ4v) is 1.20. The Hall–Kier alpha value is -1.92. The second-order valence-corrected chi connectivity index (χ2v) is 3.19. The van der Waals surface area contributed by atoms with Crippen molar-refractivity contribution in [1.82, 2.24) is 9.80 Å². The van der Waals surface area contributed by atoms with Crippen LogP contribution in [0.1, 0.15) is 13.3 Å². The number of urea groups is 1. The van der Waals surface area contributed by atoms with Crippen LogP contribution in [0.4, 0.5) is 4.79 Å². The Bertz CT molecular complexity index is 351. The normalized spacial score (nSPS) is 19.5. The zero-order chi connectivity index (χ0) is 11.7. The van der Waals surface area contributed by atoms with Gasteiger partial charge < -0.3 is 5.11 Å². The number of aliphatic carboxylic acids is 1. The number of carboxylic acids is 1. The van der Waals surface area contributed by atoms with Gasteiger partial charge in [0.1, 0.15) is 12.5 Å². The van der Waals surface area contributed by atoms with Crippen LogP contribution in [-0.4, -0.2) is 51.8 Å². The maximum absolute atomic E-state index is 11.4. The second kappa shape index (κ2) is 3.68. The smallest absolute Gasteiger partial charge is 0.333 e. The highest BCUT2D eigenvalue weighted by Crippen LogP contribution is 2.13. The van der Waals surface area contributed by atoms with E-state index >= 15 is 0 Å². The molecule has 7 heteroatoms. The van der Waals surface area contributed by atoms with E-state index < -0.39 is 36.3 Å². The molecule has 4 amide bonds. The van der Waals surface area contributed by atoms with Crippen LogP contribution in [0.2, 0.25) is 0 Å². The van der Waals surface area contributed by atoms with E-state index in [9.17, 15) is 19.2 Å². The van der Waals surface area contributed by atoms with Gasteiger partial charge in [-0.15, -0.1) is 0 Å².